The van der Waals surface area contributed by atoms with Gasteiger partial charge in [-0.1, -0.05) is 0 Å². The third-order valence-electron chi connectivity index (χ3n) is 3.47. The average Bonchev–Trinajstić information content (AvgIpc) is 2.41. The predicted octanol–water partition coefficient (Wildman–Crippen LogP) is 2.82. The van der Waals surface area contributed by atoms with Crippen molar-refractivity contribution in [1.82, 2.24) is 5.32 Å². The number of methoxy groups -OCH3 is 1. The van der Waals surface area contributed by atoms with Crippen molar-refractivity contribution in [3.63, 3.8) is 0 Å². The van der Waals surface area contributed by atoms with E-state index in [1.54, 1.807) is 7.11 Å². The van der Waals surface area contributed by atoms with Gasteiger partial charge in [0.2, 0.25) is 0 Å². The van der Waals surface area contributed by atoms with Crippen molar-refractivity contribution < 1.29 is 14.6 Å². The number of rotatable bonds is 4. The number of aromatic hydroxyl groups is 1. The summed E-state index contributed by atoms with van der Waals surface area (Å²) in [5.41, 5.74) is 1.09. The van der Waals surface area contributed by atoms with E-state index in [9.17, 15) is 5.11 Å². The second-order valence-electron chi connectivity index (χ2n) is 5.20. The monoisotopic (exact) mass is 329 g/mol. The standard InChI is InChI=1S/C14H20BrNO3/c1-14(4-3-5-19-9-14)16-8-10-6-11(15)13(17)12(7-10)18-2/h6-7,16-17H,3-5,8-9H2,1-2H3. The minimum Gasteiger partial charge on any atom is -0.503 e. The topological polar surface area (TPSA) is 50.7 Å². The second-order valence-corrected chi connectivity index (χ2v) is 6.05. The lowest BCUT2D eigenvalue weighted by molar-refractivity contribution is 0.0278. The van der Waals surface area contributed by atoms with Crippen LogP contribution in [-0.2, 0) is 11.3 Å². The summed E-state index contributed by atoms with van der Waals surface area (Å²) in [6.45, 7) is 4.49. The zero-order valence-corrected chi connectivity index (χ0v) is 12.9. The molecule has 1 unspecified atom stereocenters. The van der Waals surface area contributed by atoms with Crippen molar-refractivity contribution in [2.45, 2.75) is 31.8 Å². The highest BCUT2D eigenvalue weighted by molar-refractivity contribution is 9.10. The van der Waals surface area contributed by atoms with Gasteiger partial charge in [-0.05, 0) is 53.4 Å². The van der Waals surface area contributed by atoms with E-state index in [0.29, 0.717) is 10.2 Å². The van der Waals surface area contributed by atoms with Crippen molar-refractivity contribution in [1.29, 1.82) is 0 Å². The third-order valence-corrected chi connectivity index (χ3v) is 4.07. The molecule has 0 spiro atoms. The van der Waals surface area contributed by atoms with E-state index >= 15 is 0 Å². The quantitative estimate of drug-likeness (QED) is 0.891. The molecule has 2 N–H and O–H groups in total. The number of phenolic OH excluding ortho intramolecular Hbond substituents is 1. The molecule has 4 nitrogen and oxygen atoms in total. The Morgan fingerprint density at radius 3 is 2.95 bits per heavy atom. The van der Waals surface area contributed by atoms with Crippen LogP contribution >= 0.6 is 15.9 Å². The van der Waals surface area contributed by atoms with Crippen LogP contribution in [0.25, 0.3) is 0 Å². The molecule has 1 fully saturated rings. The highest BCUT2D eigenvalue weighted by atomic mass is 79.9. The largest absolute Gasteiger partial charge is 0.503 e. The van der Waals surface area contributed by atoms with Crippen LogP contribution in [0.3, 0.4) is 0 Å². The minimum atomic E-state index is 0.0237. The Kier molecular flexibility index (Phi) is 4.71. The first-order valence-corrected chi connectivity index (χ1v) is 7.21. The van der Waals surface area contributed by atoms with Crippen LogP contribution in [0.15, 0.2) is 16.6 Å². The fourth-order valence-corrected chi connectivity index (χ4v) is 2.76. The molecule has 1 aromatic carbocycles. The first-order valence-electron chi connectivity index (χ1n) is 6.42. The number of benzene rings is 1. The van der Waals surface area contributed by atoms with Gasteiger partial charge in [-0.3, -0.25) is 0 Å². The second kappa shape index (κ2) is 6.11. The molecule has 19 heavy (non-hydrogen) atoms. The van der Waals surface area contributed by atoms with Crippen molar-refractivity contribution in [3.05, 3.63) is 22.2 Å². The van der Waals surface area contributed by atoms with Gasteiger partial charge in [0.05, 0.1) is 18.2 Å². The Labute approximate surface area is 122 Å². The van der Waals surface area contributed by atoms with Crippen LogP contribution in [0.2, 0.25) is 0 Å². The molecule has 5 heteroatoms. The Hall–Kier alpha value is -0.780. The van der Waals surface area contributed by atoms with Gasteiger partial charge < -0.3 is 19.9 Å². The van der Waals surface area contributed by atoms with Gasteiger partial charge in [0.1, 0.15) is 0 Å². The zero-order valence-electron chi connectivity index (χ0n) is 11.3. The normalized spacial score (nSPS) is 23.3. The Bertz CT molecular complexity index is 445. The predicted molar refractivity (Wildman–Crippen MR) is 77.7 cm³/mol. The van der Waals surface area contributed by atoms with Gasteiger partial charge in [0, 0.05) is 18.7 Å². The maximum atomic E-state index is 9.78. The SMILES string of the molecule is COc1cc(CNC2(C)CCCOC2)cc(Br)c1O. The maximum Gasteiger partial charge on any atom is 0.172 e. The van der Waals surface area contributed by atoms with Gasteiger partial charge in [0.25, 0.3) is 0 Å². The fraction of sp³-hybridized carbons (Fsp3) is 0.571. The zero-order chi connectivity index (χ0) is 13.9. The smallest absolute Gasteiger partial charge is 0.172 e. The van der Waals surface area contributed by atoms with E-state index in [2.05, 4.69) is 28.2 Å². The van der Waals surface area contributed by atoms with Crippen LogP contribution in [0.1, 0.15) is 25.3 Å². The number of ether oxygens (including phenoxy) is 2. The van der Waals surface area contributed by atoms with Crippen molar-refractivity contribution in [3.8, 4) is 11.5 Å². The number of halogens is 1. The summed E-state index contributed by atoms with van der Waals surface area (Å²) in [6.07, 6.45) is 2.20. The average molecular weight is 330 g/mol. The van der Waals surface area contributed by atoms with Crippen LogP contribution in [0.5, 0.6) is 11.5 Å². The van der Waals surface area contributed by atoms with Gasteiger partial charge in [0.15, 0.2) is 11.5 Å². The Morgan fingerprint density at radius 1 is 1.53 bits per heavy atom. The first kappa shape index (κ1) is 14.6. The molecule has 0 aromatic heterocycles. The number of hydrogen-bond acceptors (Lipinski definition) is 4. The van der Waals surface area contributed by atoms with Crippen LogP contribution in [0.4, 0.5) is 0 Å². The van der Waals surface area contributed by atoms with Crippen LogP contribution < -0.4 is 10.1 Å². The van der Waals surface area contributed by atoms with E-state index in [4.69, 9.17) is 9.47 Å². The van der Waals surface area contributed by atoms with E-state index in [1.807, 2.05) is 12.1 Å². The highest BCUT2D eigenvalue weighted by Crippen LogP contribution is 2.35. The van der Waals surface area contributed by atoms with E-state index in [-0.39, 0.29) is 11.3 Å². The molecule has 1 saturated heterocycles. The van der Waals surface area contributed by atoms with E-state index in [0.717, 1.165) is 38.2 Å². The lowest BCUT2D eigenvalue weighted by Crippen LogP contribution is -2.48. The molecule has 1 aliphatic rings. The molecular formula is C14H20BrNO3. The molecule has 0 saturated carbocycles. The molecule has 1 atom stereocenters. The Balaban J connectivity index is 2.05. The number of hydrogen-bond donors (Lipinski definition) is 2. The summed E-state index contributed by atoms with van der Waals surface area (Å²) in [7, 11) is 1.55. The summed E-state index contributed by atoms with van der Waals surface area (Å²) in [6, 6.07) is 3.75. The summed E-state index contributed by atoms with van der Waals surface area (Å²) >= 11 is 3.33. The van der Waals surface area contributed by atoms with Gasteiger partial charge in [-0.15, -0.1) is 0 Å². The van der Waals surface area contributed by atoms with Crippen molar-refractivity contribution in [2.75, 3.05) is 20.3 Å². The van der Waals surface area contributed by atoms with Gasteiger partial charge in [-0.25, -0.2) is 0 Å². The number of phenols is 1. The van der Waals surface area contributed by atoms with Crippen LogP contribution in [-0.4, -0.2) is 31.0 Å². The molecule has 1 aliphatic heterocycles. The Morgan fingerprint density at radius 2 is 2.32 bits per heavy atom. The first-order chi connectivity index (χ1) is 9.04. The summed E-state index contributed by atoms with van der Waals surface area (Å²) in [5.74, 6) is 0.620. The molecule has 106 valence electrons. The van der Waals surface area contributed by atoms with Gasteiger partial charge >= 0.3 is 0 Å². The maximum absolute atomic E-state index is 9.78. The molecule has 0 radical (unpaired) electrons. The molecule has 1 heterocycles. The van der Waals surface area contributed by atoms with E-state index < -0.39 is 0 Å². The van der Waals surface area contributed by atoms with Crippen molar-refractivity contribution >= 4 is 15.9 Å². The lowest BCUT2D eigenvalue weighted by Gasteiger charge is -2.34. The molecular weight excluding hydrogens is 310 g/mol. The summed E-state index contributed by atoms with van der Waals surface area (Å²) < 4.78 is 11.3. The summed E-state index contributed by atoms with van der Waals surface area (Å²) in [4.78, 5) is 0. The summed E-state index contributed by atoms with van der Waals surface area (Å²) in [5, 5.41) is 13.3. The fourth-order valence-electron chi connectivity index (χ4n) is 2.27. The molecule has 1 aromatic rings. The highest BCUT2D eigenvalue weighted by Gasteiger charge is 2.26. The van der Waals surface area contributed by atoms with E-state index in [1.165, 1.54) is 0 Å². The molecule has 2 rings (SSSR count). The van der Waals surface area contributed by atoms with Gasteiger partial charge in [-0.2, -0.15) is 0 Å². The number of nitrogens with one attached hydrogen (secondary N) is 1. The lowest BCUT2D eigenvalue weighted by atomic mass is 9.94. The third kappa shape index (κ3) is 3.61. The molecule has 0 amide bonds. The molecule has 0 bridgehead atoms. The minimum absolute atomic E-state index is 0.0237. The van der Waals surface area contributed by atoms with Crippen molar-refractivity contribution in [2.24, 2.45) is 0 Å². The molecule has 0 aliphatic carbocycles. The van der Waals surface area contributed by atoms with Crippen LogP contribution in [0, 0.1) is 0 Å².